The van der Waals surface area contributed by atoms with E-state index < -0.39 is 0 Å². The molecule has 138 valence electrons. The monoisotopic (exact) mass is 348 g/mol. The van der Waals surface area contributed by atoms with Crippen LogP contribution < -0.4 is 0 Å². The summed E-state index contributed by atoms with van der Waals surface area (Å²) in [5.41, 5.74) is 2.43. The van der Waals surface area contributed by atoms with E-state index in [0.29, 0.717) is 39.6 Å². The maximum absolute atomic E-state index is 8.26. The summed E-state index contributed by atoms with van der Waals surface area (Å²) < 4.78 is 15.4. The maximum atomic E-state index is 8.26. The van der Waals surface area contributed by atoms with Gasteiger partial charge < -0.3 is 24.4 Å². The van der Waals surface area contributed by atoms with Crippen molar-refractivity contribution in [1.82, 2.24) is 0 Å². The van der Waals surface area contributed by atoms with Crippen LogP contribution in [0, 0.1) is 0 Å². The third-order valence-corrected chi connectivity index (χ3v) is 3.07. The number of hydrogen-bond donors (Lipinski definition) is 2. The molecule has 0 spiro atoms. The van der Waals surface area contributed by atoms with Crippen molar-refractivity contribution in [1.29, 1.82) is 0 Å². The highest BCUT2D eigenvalue weighted by molar-refractivity contribution is 5.15. The van der Waals surface area contributed by atoms with E-state index in [-0.39, 0.29) is 13.2 Å². The lowest BCUT2D eigenvalue weighted by Gasteiger charge is -2.03. The minimum absolute atomic E-state index is 0.0417. The fourth-order valence-electron chi connectivity index (χ4n) is 1.89. The quantitative estimate of drug-likeness (QED) is 0.611. The molecule has 0 aliphatic heterocycles. The van der Waals surface area contributed by atoms with Gasteiger partial charge in [0.2, 0.25) is 0 Å². The molecule has 0 fully saturated rings. The predicted octanol–water partition coefficient (Wildman–Crippen LogP) is 2.41. The van der Waals surface area contributed by atoms with Gasteiger partial charge in [0.05, 0.1) is 52.9 Å². The highest BCUT2D eigenvalue weighted by Gasteiger charge is 1.93. The molecular weight excluding hydrogens is 320 g/mol. The molecule has 2 aromatic carbocycles. The summed E-state index contributed by atoms with van der Waals surface area (Å²) in [5.74, 6) is 0. The van der Waals surface area contributed by atoms with Gasteiger partial charge in [0.15, 0.2) is 0 Å². The standard InChI is InChI=1S/C14H14O.C6H14O4/c1-3-7-13(8-4-1)11-15-12-14-9-5-2-6-10-14;7-1-3-9-5-6-10-4-2-8/h1-10H,11-12H2;7-8H,1-6H2. The van der Waals surface area contributed by atoms with Crippen molar-refractivity contribution in [2.45, 2.75) is 13.2 Å². The van der Waals surface area contributed by atoms with E-state index in [1.54, 1.807) is 0 Å². The maximum Gasteiger partial charge on any atom is 0.0721 e. The average molecular weight is 348 g/mol. The summed E-state index contributed by atoms with van der Waals surface area (Å²) in [5, 5.41) is 16.5. The molecular formula is C20H28O5. The fourth-order valence-corrected chi connectivity index (χ4v) is 1.89. The van der Waals surface area contributed by atoms with Gasteiger partial charge in [-0.3, -0.25) is 0 Å². The molecule has 0 atom stereocenters. The normalized spacial score (nSPS) is 10.2. The molecule has 0 radical (unpaired) electrons. The number of aliphatic hydroxyl groups is 2. The Bertz CT molecular complexity index is 457. The Balaban J connectivity index is 0.000000275. The number of aliphatic hydroxyl groups excluding tert-OH is 2. The van der Waals surface area contributed by atoms with Gasteiger partial charge in [0.1, 0.15) is 0 Å². The van der Waals surface area contributed by atoms with E-state index in [4.69, 9.17) is 24.4 Å². The molecule has 0 aliphatic carbocycles. The summed E-state index contributed by atoms with van der Waals surface area (Å²) in [6.45, 7) is 3.08. The topological polar surface area (TPSA) is 68.2 Å². The molecule has 25 heavy (non-hydrogen) atoms. The van der Waals surface area contributed by atoms with Gasteiger partial charge in [0, 0.05) is 0 Å². The van der Waals surface area contributed by atoms with Crippen LogP contribution >= 0.6 is 0 Å². The molecule has 0 aliphatic rings. The summed E-state index contributed by atoms with van der Waals surface area (Å²) in [4.78, 5) is 0. The first kappa shape index (κ1) is 21.3. The molecule has 0 amide bonds. The van der Waals surface area contributed by atoms with Gasteiger partial charge in [-0.05, 0) is 11.1 Å². The molecule has 0 unspecified atom stereocenters. The van der Waals surface area contributed by atoms with E-state index in [1.165, 1.54) is 11.1 Å². The number of rotatable bonds is 11. The second-order valence-corrected chi connectivity index (χ2v) is 5.14. The first-order valence-electron chi connectivity index (χ1n) is 8.39. The van der Waals surface area contributed by atoms with Gasteiger partial charge in [-0.1, -0.05) is 60.7 Å². The Morgan fingerprint density at radius 3 is 1.28 bits per heavy atom. The third kappa shape index (κ3) is 12.3. The van der Waals surface area contributed by atoms with E-state index in [2.05, 4.69) is 24.3 Å². The minimum atomic E-state index is 0.0417. The first-order chi connectivity index (χ1) is 12.4. The van der Waals surface area contributed by atoms with Crippen molar-refractivity contribution in [2.75, 3.05) is 39.6 Å². The van der Waals surface area contributed by atoms with Crippen LogP contribution in [0.1, 0.15) is 11.1 Å². The van der Waals surface area contributed by atoms with Crippen molar-refractivity contribution in [3.05, 3.63) is 71.8 Å². The minimum Gasteiger partial charge on any atom is -0.394 e. The van der Waals surface area contributed by atoms with E-state index >= 15 is 0 Å². The summed E-state index contributed by atoms with van der Waals surface area (Å²) >= 11 is 0. The SMILES string of the molecule is OCCOCCOCCO.c1ccc(COCc2ccccc2)cc1. The predicted molar refractivity (Wildman–Crippen MR) is 97.2 cm³/mol. The lowest BCUT2D eigenvalue weighted by Crippen LogP contribution is -2.09. The Kier molecular flexibility index (Phi) is 13.4. The van der Waals surface area contributed by atoms with Crippen molar-refractivity contribution in [3.8, 4) is 0 Å². The Morgan fingerprint density at radius 1 is 0.520 bits per heavy atom. The molecule has 0 saturated heterocycles. The zero-order chi connectivity index (χ0) is 18.0. The smallest absolute Gasteiger partial charge is 0.0721 e. The Hall–Kier alpha value is -1.76. The highest BCUT2D eigenvalue weighted by Crippen LogP contribution is 2.05. The van der Waals surface area contributed by atoms with Gasteiger partial charge >= 0.3 is 0 Å². The molecule has 2 aromatic rings. The van der Waals surface area contributed by atoms with Crippen LogP contribution in [-0.2, 0) is 27.4 Å². The molecule has 0 aromatic heterocycles. The van der Waals surface area contributed by atoms with Gasteiger partial charge in [-0.25, -0.2) is 0 Å². The molecule has 5 heteroatoms. The molecule has 0 saturated carbocycles. The summed E-state index contributed by atoms with van der Waals surface area (Å²) in [6, 6.07) is 20.4. The molecule has 5 nitrogen and oxygen atoms in total. The number of benzene rings is 2. The van der Waals surface area contributed by atoms with Crippen LogP contribution in [0.25, 0.3) is 0 Å². The van der Waals surface area contributed by atoms with Crippen molar-refractivity contribution in [2.24, 2.45) is 0 Å². The van der Waals surface area contributed by atoms with Crippen LogP contribution in [0.4, 0.5) is 0 Å². The summed E-state index contributed by atoms with van der Waals surface area (Å²) in [7, 11) is 0. The van der Waals surface area contributed by atoms with Gasteiger partial charge in [0.25, 0.3) is 0 Å². The Labute approximate surface area is 149 Å². The van der Waals surface area contributed by atoms with Crippen molar-refractivity contribution in [3.63, 3.8) is 0 Å². The third-order valence-electron chi connectivity index (χ3n) is 3.07. The zero-order valence-corrected chi connectivity index (χ0v) is 14.5. The summed E-state index contributed by atoms with van der Waals surface area (Å²) in [6.07, 6.45) is 0. The highest BCUT2D eigenvalue weighted by atomic mass is 16.5. The van der Waals surface area contributed by atoms with Crippen LogP contribution in [0.5, 0.6) is 0 Å². The van der Waals surface area contributed by atoms with Crippen LogP contribution in [0.2, 0.25) is 0 Å². The van der Waals surface area contributed by atoms with E-state index in [1.807, 2.05) is 36.4 Å². The number of hydrogen-bond acceptors (Lipinski definition) is 5. The van der Waals surface area contributed by atoms with Crippen molar-refractivity contribution >= 4 is 0 Å². The number of ether oxygens (including phenoxy) is 3. The van der Waals surface area contributed by atoms with Crippen LogP contribution in [0.15, 0.2) is 60.7 Å². The largest absolute Gasteiger partial charge is 0.394 e. The van der Waals surface area contributed by atoms with Crippen LogP contribution in [0.3, 0.4) is 0 Å². The molecule has 2 rings (SSSR count). The molecule has 0 heterocycles. The lowest BCUT2D eigenvalue weighted by molar-refractivity contribution is 0.0222. The second kappa shape index (κ2) is 15.7. The molecule has 0 bridgehead atoms. The zero-order valence-electron chi connectivity index (χ0n) is 14.5. The van der Waals surface area contributed by atoms with Gasteiger partial charge in [-0.15, -0.1) is 0 Å². The Morgan fingerprint density at radius 2 is 0.920 bits per heavy atom. The fraction of sp³-hybridized carbons (Fsp3) is 0.400. The van der Waals surface area contributed by atoms with Crippen LogP contribution in [-0.4, -0.2) is 49.9 Å². The second-order valence-electron chi connectivity index (χ2n) is 5.14. The van der Waals surface area contributed by atoms with E-state index in [9.17, 15) is 0 Å². The van der Waals surface area contributed by atoms with Gasteiger partial charge in [-0.2, -0.15) is 0 Å². The lowest BCUT2D eigenvalue weighted by atomic mass is 10.2. The first-order valence-corrected chi connectivity index (χ1v) is 8.39. The average Bonchev–Trinajstić information content (AvgIpc) is 2.67. The molecule has 2 N–H and O–H groups in total. The van der Waals surface area contributed by atoms with E-state index in [0.717, 1.165) is 0 Å². The van der Waals surface area contributed by atoms with Crippen molar-refractivity contribution < 1.29 is 24.4 Å².